The minimum absolute atomic E-state index is 0.273. The molecule has 0 aliphatic heterocycles. The van der Waals surface area contributed by atoms with Crippen molar-refractivity contribution in [1.29, 1.82) is 0 Å². The second kappa shape index (κ2) is 3.56. The molecule has 1 aromatic rings. The van der Waals surface area contributed by atoms with E-state index in [1.54, 1.807) is 13.1 Å². The van der Waals surface area contributed by atoms with Crippen molar-refractivity contribution in [2.24, 2.45) is 0 Å². The molecule has 0 aliphatic carbocycles. The zero-order valence-corrected chi connectivity index (χ0v) is 7.28. The van der Waals surface area contributed by atoms with Gasteiger partial charge in [-0.2, -0.15) is 5.06 Å². The Balaban J connectivity index is 2.82. The van der Waals surface area contributed by atoms with Gasteiger partial charge >= 0.3 is 0 Å². The van der Waals surface area contributed by atoms with Gasteiger partial charge in [0, 0.05) is 13.6 Å². The van der Waals surface area contributed by atoms with E-state index >= 15 is 0 Å². The van der Waals surface area contributed by atoms with E-state index in [1.165, 1.54) is 0 Å². The van der Waals surface area contributed by atoms with Crippen molar-refractivity contribution in [3.05, 3.63) is 29.3 Å². The van der Waals surface area contributed by atoms with Crippen LogP contribution in [0.4, 0.5) is 0 Å². The molecule has 0 radical (unpaired) electrons. The largest absolute Gasteiger partial charge is 0.508 e. The summed E-state index contributed by atoms with van der Waals surface area (Å²) in [4.78, 5) is 0. The molecule has 0 unspecified atom stereocenters. The minimum Gasteiger partial charge on any atom is -0.508 e. The van der Waals surface area contributed by atoms with Crippen LogP contribution in [0.5, 0.6) is 5.75 Å². The summed E-state index contributed by atoms with van der Waals surface area (Å²) in [5, 5.41) is 19.3. The first-order valence-corrected chi connectivity index (χ1v) is 3.78. The normalized spacial score (nSPS) is 10.7. The van der Waals surface area contributed by atoms with E-state index in [0.29, 0.717) is 6.54 Å². The molecular weight excluding hydrogens is 154 g/mol. The highest BCUT2D eigenvalue weighted by molar-refractivity contribution is 5.35. The number of rotatable bonds is 2. The summed E-state index contributed by atoms with van der Waals surface area (Å²) < 4.78 is 0. The number of phenols is 1. The maximum atomic E-state index is 9.31. The molecule has 0 aliphatic rings. The van der Waals surface area contributed by atoms with E-state index in [2.05, 4.69) is 0 Å². The molecule has 1 rings (SSSR count). The first-order chi connectivity index (χ1) is 5.59. The fourth-order valence-corrected chi connectivity index (χ4v) is 1.02. The Hall–Kier alpha value is -1.06. The molecule has 0 amide bonds. The highest BCUT2D eigenvalue weighted by Gasteiger charge is 1.99. The van der Waals surface area contributed by atoms with Crippen molar-refractivity contribution in [2.75, 3.05) is 7.05 Å². The topological polar surface area (TPSA) is 43.7 Å². The third-order valence-electron chi connectivity index (χ3n) is 1.68. The van der Waals surface area contributed by atoms with E-state index in [-0.39, 0.29) is 5.75 Å². The monoisotopic (exact) mass is 167 g/mol. The molecule has 2 N–H and O–H groups in total. The zero-order valence-electron chi connectivity index (χ0n) is 7.28. The van der Waals surface area contributed by atoms with Gasteiger partial charge in [-0.05, 0) is 24.1 Å². The van der Waals surface area contributed by atoms with Crippen LogP contribution in [0, 0.1) is 6.92 Å². The second-order valence-electron chi connectivity index (χ2n) is 2.94. The lowest BCUT2D eigenvalue weighted by atomic mass is 10.1. The molecule has 3 heteroatoms. The predicted molar refractivity (Wildman–Crippen MR) is 46.1 cm³/mol. The number of phenolic OH excluding ortho intramolecular Hbond substituents is 1. The van der Waals surface area contributed by atoms with Crippen LogP contribution in [0.2, 0.25) is 0 Å². The molecule has 1 aromatic carbocycles. The van der Waals surface area contributed by atoms with Crippen LogP contribution in [0.25, 0.3) is 0 Å². The van der Waals surface area contributed by atoms with Gasteiger partial charge in [-0.25, -0.2) is 0 Å². The lowest BCUT2D eigenvalue weighted by Crippen LogP contribution is -2.11. The summed E-state index contributed by atoms with van der Waals surface area (Å²) in [5.74, 6) is 0.273. The fourth-order valence-electron chi connectivity index (χ4n) is 1.02. The second-order valence-corrected chi connectivity index (χ2v) is 2.94. The van der Waals surface area contributed by atoms with Crippen LogP contribution in [0.15, 0.2) is 18.2 Å². The van der Waals surface area contributed by atoms with Crippen molar-refractivity contribution in [3.63, 3.8) is 0 Å². The van der Waals surface area contributed by atoms with Crippen molar-refractivity contribution in [1.82, 2.24) is 5.06 Å². The summed E-state index contributed by atoms with van der Waals surface area (Å²) in [6, 6.07) is 5.36. The molecule has 0 saturated heterocycles. The molecule has 0 bridgehead atoms. The Kier molecular flexibility index (Phi) is 2.68. The smallest absolute Gasteiger partial charge is 0.118 e. The third kappa shape index (κ3) is 2.22. The van der Waals surface area contributed by atoms with E-state index in [0.717, 1.165) is 16.2 Å². The molecule has 12 heavy (non-hydrogen) atoms. The summed E-state index contributed by atoms with van der Waals surface area (Å²) in [6.45, 7) is 2.26. The Morgan fingerprint density at radius 1 is 1.42 bits per heavy atom. The zero-order chi connectivity index (χ0) is 9.14. The van der Waals surface area contributed by atoms with Gasteiger partial charge in [-0.3, -0.25) is 0 Å². The average Bonchev–Trinajstić information content (AvgIpc) is 1.96. The molecule has 3 nitrogen and oxygen atoms in total. The van der Waals surface area contributed by atoms with Gasteiger partial charge in [0.05, 0.1) is 0 Å². The Morgan fingerprint density at radius 3 is 2.58 bits per heavy atom. The molecule has 0 fully saturated rings. The van der Waals surface area contributed by atoms with E-state index in [4.69, 9.17) is 5.21 Å². The number of hydrogen-bond donors (Lipinski definition) is 2. The summed E-state index contributed by atoms with van der Waals surface area (Å²) >= 11 is 0. The van der Waals surface area contributed by atoms with Gasteiger partial charge < -0.3 is 10.3 Å². The molecule has 0 heterocycles. The Morgan fingerprint density at radius 2 is 2.08 bits per heavy atom. The molecular formula is C9H13NO2. The fraction of sp³-hybridized carbons (Fsp3) is 0.333. The van der Waals surface area contributed by atoms with E-state index in [9.17, 15) is 5.11 Å². The summed E-state index contributed by atoms with van der Waals surface area (Å²) in [5.41, 5.74) is 1.74. The Labute approximate surface area is 71.8 Å². The van der Waals surface area contributed by atoms with E-state index in [1.807, 2.05) is 19.1 Å². The lowest BCUT2D eigenvalue weighted by molar-refractivity contribution is -0.0731. The quantitative estimate of drug-likeness (QED) is 0.656. The van der Waals surface area contributed by atoms with Crippen LogP contribution in [0.3, 0.4) is 0 Å². The minimum atomic E-state index is 0.273. The van der Waals surface area contributed by atoms with E-state index < -0.39 is 0 Å². The number of aryl methyl sites for hydroxylation is 1. The van der Waals surface area contributed by atoms with Gasteiger partial charge in [0.25, 0.3) is 0 Å². The van der Waals surface area contributed by atoms with Gasteiger partial charge in [-0.1, -0.05) is 12.1 Å². The maximum Gasteiger partial charge on any atom is 0.118 e. The first kappa shape index (κ1) is 9.03. The number of benzene rings is 1. The maximum absolute atomic E-state index is 9.31. The van der Waals surface area contributed by atoms with Crippen molar-refractivity contribution in [3.8, 4) is 5.75 Å². The van der Waals surface area contributed by atoms with Crippen LogP contribution in [-0.2, 0) is 6.54 Å². The predicted octanol–water partition coefficient (Wildman–Crippen LogP) is 1.52. The van der Waals surface area contributed by atoms with Crippen molar-refractivity contribution < 1.29 is 10.3 Å². The molecule has 0 atom stereocenters. The highest BCUT2D eigenvalue weighted by Crippen LogP contribution is 2.17. The van der Waals surface area contributed by atoms with Gasteiger partial charge in [0.2, 0.25) is 0 Å². The number of hydrogen-bond acceptors (Lipinski definition) is 3. The molecule has 66 valence electrons. The van der Waals surface area contributed by atoms with Crippen molar-refractivity contribution >= 4 is 0 Å². The SMILES string of the molecule is Cc1ccc(CN(C)O)cc1O. The molecule has 0 aromatic heterocycles. The van der Waals surface area contributed by atoms with Crippen LogP contribution >= 0.6 is 0 Å². The third-order valence-corrected chi connectivity index (χ3v) is 1.68. The van der Waals surface area contributed by atoms with Gasteiger partial charge in [-0.15, -0.1) is 0 Å². The Bertz CT molecular complexity index is 271. The van der Waals surface area contributed by atoms with Crippen LogP contribution < -0.4 is 0 Å². The van der Waals surface area contributed by atoms with Crippen LogP contribution in [0.1, 0.15) is 11.1 Å². The van der Waals surface area contributed by atoms with Gasteiger partial charge in [0.1, 0.15) is 5.75 Å². The highest BCUT2D eigenvalue weighted by atomic mass is 16.5. The standard InChI is InChI=1S/C9H13NO2/c1-7-3-4-8(5-9(7)11)6-10(2)12/h3-5,11-12H,6H2,1-2H3. The summed E-state index contributed by atoms with van der Waals surface area (Å²) in [7, 11) is 1.57. The van der Waals surface area contributed by atoms with Gasteiger partial charge in [0.15, 0.2) is 0 Å². The summed E-state index contributed by atoms with van der Waals surface area (Å²) in [6.07, 6.45) is 0. The number of nitrogens with zero attached hydrogens (tertiary/aromatic N) is 1. The van der Waals surface area contributed by atoms with Crippen LogP contribution in [-0.4, -0.2) is 22.4 Å². The number of hydroxylamine groups is 2. The molecule has 0 saturated carbocycles. The lowest BCUT2D eigenvalue weighted by Gasteiger charge is -2.08. The first-order valence-electron chi connectivity index (χ1n) is 3.78. The molecule has 0 spiro atoms. The average molecular weight is 167 g/mol. The van der Waals surface area contributed by atoms with Crippen molar-refractivity contribution in [2.45, 2.75) is 13.5 Å². The number of aromatic hydroxyl groups is 1.